The number of aryl methyl sites for hydroxylation is 1. The molecule has 7 heteroatoms. The van der Waals surface area contributed by atoms with Gasteiger partial charge in [0, 0.05) is 11.4 Å². The number of nitrogens with one attached hydrogen (secondary N) is 3. The molecule has 2 aromatic rings. The lowest BCUT2D eigenvalue weighted by Crippen LogP contribution is -2.45. The van der Waals surface area contributed by atoms with Gasteiger partial charge < -0.3 is 15.4 Å². The van der Waals surface area contributed by atoms with Gasteiger partial charge in [-0.25, -0.2) is 4.99 Å². The maximum absolute atomic E-state index is 12.5. The average molecular weight is 366 g/mol. The van der Waals surface area contributed by atoms with Gasteiger partial charge in [0.2, 0.25) is 17.8 Å². The number of guanidine groups is 1. The van der Waals surface area contributed by atoms with E-state index in [0.717, 1.165) is 12.1 Å². The monoisotopic (exact) mass is 366 g/mol. The molecule has 1 heterocycles. The fourth-order valence-electron chi connectivity index (χ4n) is 2.67. The lowest BCUT2D eigenvalue weighted by molar-refractivity contribution is -0.124. The number of carbonyl (C=O) groups excluding carboxylic acids is 2. The fraction of sp³-hybridized carbons (Fsp3) is 0.250. The molecule has 0 spiro atoms. The summed E-state index contributed by atoms with van der Waals surface area (Å²) in [5.74, 6) is 0.372. The van der Waals surface area contributed by atoms with Crippen molar-refractivity contribution in [3.8, 4) is 5.75 Å². The molecule has 3 rings (SSSR count). The fourth-order valence-corrected chi connectivity index (χ4v) is 2.67. The second-order valence-corrected chi connectivity index (χ2v) is 6.14. The predicted octanol–water partition coefficient (Wildman–Crippen LogP) is 2.55. The van der Waals surface area contributed by atoms with E-state index >= 15 is 0 Å². The zero-order valence-electron chi connectivity index (χ0n) is 15.3. The molecule has 2 amide bonds. The molecule has 0 aromatic heterocycles. The number of hydrogen-bond donors (Lipinski definition) is 3. The molecule has 1 aliphatic rings. The Labute approximate surface area is 157 Å². The molecule has 1 unspecified atom stereocenters. The normalized spacial score (nSPS) is 16.1. The van der Waals surface area contributed by atoms with Crippen LogP contribution in [0, 0.1) is 0 Å². The van der Waals surface area contributed by atoms with Crippen molar-refractivity contribution < 1.29 is 14.3 Å². The van der Waals surface area contributed by atoms with Gasteiger partial charge in [-0.05, 0) is 48.4 Å². The van der Waals surface area contributed by atoms with Crippen LogP contribution in [0.2, 0.25) is 0 Å². The number of aliphatic imine (C=N–C) groups is 1. The van der Waals surface area contributed by atoms with Crippen molar-refractivity contribution in [3.63, 3.8) is 0 Å². The van der Waals surface area contributed by atoms with E-state index in [1.165, 1.54) is 5.56 Å². The van der Waals surface area contributed by atoms with Crippen LogP contribution < -0.4 is 20.7 Å². The average Bonchev–Trinajstić information content (AvgIpc) is 2.68. The predicted molar refractivity (Wildman–Crippen MR) is 105 cm³/mol. The van der Waals surface area contributed by atoms with Gasteiger partial charge >= 0.3 is 0 Å². The summed E-state index contributed by atoms with van der Waals surface area (Å²) in [5.41, 5.74) is 2.63. The van der Waals surface area contributed by atoms with Gasteiger partial charge in [0.1, 0.15) is 11.8 Å². The highest BCUT2D eigenvalue weighted by Gasteiger charge is 2.27. The topological polar surface area (TPSA) is 91.8 Å². The molecule has 7 nitrogen and oxygen atoms in total. The zero-order chi connectivity index (χ0) is 19.2. The maximum atomic E-state index is 12.5. The Morgan fingerprint density at radius 2 is 1.81 bits per heavy atom. The molecule has 0 aliphatic carbocycles. The number of methoxy groups -OCH3 is 1. The summed E-state index contributed by atoms with van der Waals surface area (Å²) in [7, 11) is 1.58. The van der Waals surface area contributed by atoms with E-state index in [0.29, 0.717) is 11.4 Å². The number of ether oxygens (including phenoxy) is 1. The Balaban J connectivity index is 1.68. The summed E-state index contributed by atoms with van der Waals surface area (Å²) < 4.78 is 5.09. The van der Waals surface area contributed by atoms with E-state index in [1.54, 1.807) is 31.4 Å². The second-order valence-electron chi connectivity index (χ2n) is 6.14. The number of nitrogens with zero attached hydrogens (tertiary/aromatic N) is 1. The first-order valence-electron chi connectivity index (χ1n) is 8.76. The Kier molecular flexibility index (Phi) is 5.71. The molecular weight excluding hydrogens is 344 g/mol. The van der Waals surface area contributed by atoms with E-state index in [4.69, 9.17) is 4.74 Å². The molecule has 27 heavy (non-hydrogen) atoms. The highest BCUT2D eigenvalue weighted by Crippen LogP contribution is 2.17. The second kappa shape index (κ2) is 8.35. The summed E-state index contributed by atoms with van der Waals surface area (Å²) in [6.45, 7) is 2.08. The largest absolute Gasteiger partial charge is 0.497 e. The van der Waals surface area contributed by atoms with Crippen molar-refractivity contribution in [2.24, 2.45) is 4.99 Å². The first-order chi connectivity index (χ1) is 13.1. The minimum Gasteiger partial charge on any atom is -0.497 e. The summed E-state index contributed by atoms with van der Waals surface area (Å²) in [6.07, 6.45) is 0.952. The summed E-state index contributed by atoms with van der Waals surface area (Å²) in [4.78, 5) is 28.8. The van der Waals surface area contributed by atoms with Gasteiger partial charge in [0.05, 0.1) is 13.5 Å². The van der Waals surface area contributed by atoms with Gasteiger partial charge in [0.15, 0.2) is 0 Å². The Morgan fingerprint density at radius 1 is 1.15 bits per heavy atom. The van der Waals surface area contributed by atoms with Crippen LogP contribution in [-0.4, -0.2) is 30.9 Å². The number of anilines is 2. The van der Waals surface area contributed by atoms with E-state index in [9.17, 15) is 9.59 Å². The molecule has 3 N–H and O–H groups in total. The van der Waals surface area contributed by atoms with Crippen LogP contribution in [0.4, 0.5) is 11.4 Å². The first kappa shape index (κ1) is 18.4. The molecule has 1 atom stereocenters. The molecular formula is C20H22N4O3. The molecule has 0 fully saturated rings. The van der Waals surface area contributed by atoms with Crippen LogP contribution in [0.1, 0.15) is 18.9 Å². The highest BCUT2D eigenvalue weighted by atomic mass is 16.5. The van der Waals surface area contributed by atoms with Crippen LogP contribution in [0.5, 0.6) is 5.75 Å². The molecule has 0 saturated carbocycles. The van der Waals surface area contributed by atoms with E-state index in [2.05, 4.69) is 27.9 Å². The third-order valence-corrected chi connectivity index (χ3v) is 4.21. The summed E-state index contributed by atoms with van der Waals surface area (Å²) >= 11 is 0. The molecule has 1 aliphatic heterocycles. The number of hydrogen-bond acceptors (Lipinski definition) is 5. The third kappa shape index (κ3) is 4.84. The van der Waals surface area contributed by atoms with Crippen LogP contribution in [0.3, 0.4) is 0 Å². The Hall–Kier alpha value is -3.35. The van der Waals surface area contributed by atoms with Gasteiger partial charge in [-0.1, -0.05) is 19.1 Å². The van der Waals surface area contributed by atoms with Crippen LogP contribution in [0.15, 0.2) is 53.5 Å². The number of benzene rings is 2. The minimum absolute atomic E-state index is 0.00193. The summed E-state index contributed by atoms with van der Waals surface area (Å²) in [6, 6.07) is 14.0. The lowest BCUT2D eigenvalue weighted by Gasteiger charge is -2.21. The maximum Gasteiger partial charge on any atom is 0.249 e. The Bertz CT molecular complexity index is 845. The van der Waals surface area contributed by atoms with E-state index < -0.39 is 6.04 Å². The lowest BCUT2D eigenvalue weighted by atomic mass is 10.1. The van der Waals surface area contributed by atoms with Gasteiger partial charge in [-0.2, -0.15) is 0 Å². The quantitative estimate of drug-likeness (QED) is 0.758. The van der Waals surface area contributed by atoms with Gasteiger partial charge in [0.25, 0.3) is 0 Å². The smallest absolute Gasteiger partial charge is 0.249 e. The van der Waals surface area contributed by atoms with Crippen molar-refractivity contribution in [1.29, 1.82) is 0 Å². The third-order valence-electron chi connectivity index (χ3n) is 4.21. The van der Waals surface area contributed by atoms with E-state index in [1.807, 2.05) is 24.3 Å². The van der Waals surface area contributed by atoms with Crippen molar-refractivity contribution in [2.45, 2.75) is 25.8 Å². The minimum atomic E-state index is -0.793. The first-order valence-corrected chi connectivity index (χ1v) is 8.76. The van der Waals surface area contributed by atoms with Gasteiger partial charge in [-0.3, -0.25) is 14.9 Å². The molecule has 0 radical (unpaired) electrons. The SMILES string of the molecule is CCc1ccc(NC2=NC(C(=O)Nc3ccc(OC)cc3)CC(=O)N2)cc1. The van der Waals surface area contributed by atoms with Crippen molar-refractivity contribution in [1.82, 2.24) is 5.32 Å². The van der Waals surface area contributed by atoms with Crippen LogP contribution in [0.25, 0.3) is 0 Å². The molecule has 140 valence electrons. The van der Waals surface area contributed by atoms with Crippen molar-refractivity contribution in [3.05, 3.63) is 54.1 Å². The number of rotatable bonds is 5. The van der Waals surface area contributed by atoms with Crippen molar-refractivity contribution >= 4 is 29.1 Å². The number of amides is 2. The number of carbonyl (C=O) groups is 2. The summed E-state index contributed by atoms with van der Waals surface area (Å²) in [5, 5.41) is 8.48. The molecule has 0 bridgehead atoms. The van der Waals surface area contributed by atoms with Crippen LogP contribution >= 0.6 is 0 Å². The molecule has 0 saturated heterocycles. The highest BCUT2D eigenvalue weighted by molar-refractivity contribution is 6.10. The standard InChI is InChI=1S/C20H22N4O3/c1-3-13-4-6-15(7-5-13)22-20-23-17(12-18(25)24-20)19(26)21-14-8-10-16(27-2)11-9-14/h4-11,17H,3,12H2,1-2H3,(H,21,26)(H2,22,23,24,25). The molecule has 2 aromatic carbocycles. The zero-order valence-corrected chi connectivity index (χ0v) is 15.3. The van der Waals surface area contributed by atoms with Crippen LogP contribution in [-0.2, 0) is 16.0 Å². The van der Waals surface area contributed by atoms with E-state index in [-0.39, 0.29) is 24.2 Å². The van der Waals surface area contributed by atoms with Gasteiger partial charge in [-0.15, -0.1) is 0 Å². The van der Waals surface area contributed by atoms with Crippen molar-refractivity contribution in [2.75, 3.05) is 17.7 Å². The Morgan fingerprint density at radius 3 is 2.44 bits per heavy atom.